The fourth-order valence-corrected chi connectivity index (χ4v) is 2.49. The lowest BCUT2D eigenvalue weighted by molar-refractivity contribution is 0.382. The number of nitrogens with zero attached hydrogens (tertiary/aromatic N) is 4. The van der Waals surface area contributed by atoms with Gasteiger partial charge in [-0.2, -0.15) is 0 Å². The van der Waals surface area contributed by atoms with Crippen molar-refractivity contribution >= 4 is 5.69 Å². The van der Waals surface area contributed by atoms with E-state index in [4.69, 9.17) is 10.5 Å². The van der Waals surface area contributed by atoms with E-state index in [2.05, 4.69) is 22.4 Å². The minimum Gasteiger partial charge on any atom is -0.495 e. The van der Waals surface area contributed by atoms with Crippen molar-refractivity contribution in [3.8, 4) is 17.1 Å². The van der Waals surface area contributed by atoms with Crippen LogP contribution in [0.4, 0.5) is 5.69 Å². The molecule has 6 nitrogen and oxygen atoms in total. The van der Waals surface area contributed by atoms with Gasteiger partial charge in [0.05, 0.1) is 19.3 Å². The second kappa shape index (κ2) is 4.77. The SMILES string of the molecule is CCC1(Cn2nnnc2-c2ccc(N)c(OC)c2)CC1. The highest BCUT2D eigenvalue weighted by Crippen LogP contribution is 2.50. The first-order valence-electron chi connectivity index (χ1n) is 6.87. The summed E-state index contributed by atoms with van der Waals surface area (Å²) in [4.78, 5) is 0. The molecule has 20 heavy (non-hydrogen) atoms. The summed E-state index contributed by atoms with van der Waals surface area (Å²) in [7, 11) is 1.61. The van der Waals surface area contributed by atoms with E-state index in [0.717, 1.165) is 24.4 Å². The Morgan fingerprint density at radius 1 is 1.40 bits per heavy atom. The number of benzene rings is 1. The highest BCUT2D eigenvalue weighted by Gasteiger charge is 2.41. The first-order valence-corrected chi connectivity index (χ1v) is 6.87. The highest BCUT2D eigenvalue weighted by atomic mass is 16.5. The van der Waals surface area contributed by atoms with Gasteiger partial charge in [0, 0.05) is 5.56 Å². The van der Waals surface area contributed by atoms with Crippen molar-refractivity contribution < 1.29 is 4.74 Å². The van der Waals surface area contributed by atoms with Gasteiger partial charge in [-0.3, -0.25) is 0 Å². The number of ether oxygens (including phenoxy) is 1. The highest BCUT2D eigenvalue weighted by molar-refractivity contribution is 5.65. The molecule has 0 saturated heterocycles. The molecular weight excluding hydrogens is 254 g/mol. The van der Waals surface area contributed by atoms with E-state index in [1.807, 2.05) is 22.9 Å². The Hall–Kier alpha value is -2.11. The molecule has 0 spiro atoms. The summed E-state index contributed by atoms with van der Waals surface area (Å²) in [5.41, 5.74) is 7.77. The Balaban J connectivity index is 1.93. The van der Waals surface area contributed by atoms with Crippen molar-refractivity contribution in [3.63, 3.8) is 0 Å². The molecule has 0 unspecified atom stereocenters. The smallest absolute Gasteiger partial charge is 0.182 e. The number of anilines is 1. The molecule has 3 rings (SSSR count). The monoisotopic (exact) mass is 273 g/mol. The number of tetrazole rings is 1. The van der Waals surface area contributed by atoms with Crippen LogP contribution in [0.25, 0.3) is 11.4 Å². The molecule has 1 aliphatic carbocycles. The van der Waals surface area contributed by atoms with E-state index in [-0.39, 0.29) is 0 Å². The van der Waals surface area contributed by atoms with Crippen LogP contribution in [-0.2, 0) is 6.54 Å². The Morgan fingerprint density at radius 2 is 2.20 bits per heavy atom. The second-order valence-electron chi connectivity index (χ2n) is 5.47. The van der Waals surface area contributed by atoms with Crippen LogP contribution in [-0.4, -0.2) is 27.3 Å². The zero-order valence-electron chi connectivity index (χ0n) is 11.8. The molecule has 1 saturated carbocycles. The zero-order valence-corrected chi connectivity index (χ0v) is 11.8. The molecule has 0 amide bonds. The van der Waals surface area contributed by atoms with Gasteiger partial charge in [0.1, 0.15) is 5.75 Å². The molecule has 1 aliphatic rings. The molecule has 6 heteroatoms. The molecule has 106 valence electrons. The molecule has 1 fully saturated rings. The Kier molecular flexibility index (Phi) is 3.08. The van der Waals surface area contributed by atoms with Gasteiger partial charge in [0.25, 0.3) is 0 Å². The average Bonchev–Trinajstić information content (AvgIpc) is 3.09. The molecule has 2 N–H and O–H groups in total. The third kappa shape index (κ3) is 2.21. The summed E-state index contributed by atoms with van der Waals surface area (Å²) in [5, 5.41) is 12.1. The maximum atomic E-state index is 5.84. The predicted molar refractivity (Wildman–Crippen MR) is 76.2 cm³/mol. The van der Waals surface area contributed by atoms with Crippen LogP contribution < -0.4 is 10.5 Å². The maximum absolute atomic E-state index is 5.84. The number of methoxy groups -OCH3 is 1. The van der Waals surface area contributed by atoms with E-state index in [0.29, 0.717) is 16.9 Å². The summed E-state index contributed by atoms with van der Waals surface area (Å²) in [5.74, 6) is 1.41. The van der Waals surface area contributed by atoms with E-state index in [1.165, 1.54) is 12.8 Å². The van der Waals surface area contributed by atoms with Crippen LogP contribution in [0, 0.1) is 5.41 Å². The van der Waals surface area contributed by atoms with Gasteiger partial charge in [-0.05, 0) is 53.3 Å². The largest absolute Gasteiger partial charge is 0.495 e. The molecule has 0 atom stereocenters. The Labute approximate surface area is 117 Å². The van der Waals surface area contributed by atoms with Gasteiger partial charge < -0.3 is 10.5 Å². The molecule has 0 aliphatic heterocycles. The summed E-state index contributed by atoms with van der Waals surface area (Å²) >= 11 is 0. The van der Waals surface area contributed by atoms with Gasteiger partial charge >= 0.3 is 0 Å². The number of nitrogen functional groups attached to an aromatic ring is 1. The van der Waals surface area contributed by atoms with Crippen molar-refractivity contribution in [1.29, 1.82) is 0 Å². The molecular formula is C14H19N5O. The standard InChI is InChI=1S/C14H19N5O/c1-3-14(6-7-14)9-19-13(16-17-18-19)10-4-5-11(15)12(8-10)20-2/h4-5,8H,3,6-7,9,15H2,1-2H3. The quantitative estimate of drug-likeness (QED) is 0.844. The van der Waals surface area contributed by atoms with Crippen LogP contribution in [0.5, 0.6) is 5.75 Å². The second-order valence-corrected chi connectivity index (χ2v) is 5.47. The summed E-state index contributed by atoms with van der Waals surface area (Å²) in [6.07, 6.45) is 3.68. The first kappa shape index (κ1) is 12.9. The zero-order chi connectivity index (χ0) is 14.2. The van der Waals surface area contributed by atoms with E-state index in [1.54, 1.807) is 7.11 Å². The van der Waals surface area contributed by atoms with Crippen LogP contribution in [0.1, 0.15) is 26.2 Å². The van der Waals surface area contributed by atoms with Crippen LogP contribution in [0.15, 0.2) is 18.2 Å². The van der Waals surface area contributed by atoms with Crippen molar-refractivity contribution in [2.75, 3.05) is 12.8 Å². The lowest BCUT2D eigenvalue weighted by atomic mass is 10.0. The number of hydrogen-bond acceptors (Lipinski definition) is 5. The lowest BCUT2D eigenvalue weighted by Crippen LogP contribution is -2.13. The van der Waals surface area contributed by atoms with Crippen LogP contribution in [0.3, 0.4) is 0 Å². The van der Waals surface area contributed by atoms with Crippen molar-refractivity contribution in [2.24, 2.45) is 5.41 Å². The van der Waals surface area contributed by atoms with Gasteiger partial charge in [0.2, 0.25) is 0 Å². The Morgan fingerprint density at radius 3 is 2.85 bits per heavy atom. The Bertz CT molecular complexity index is 618. The van der Waals surface area contributed by atoms with Crippen molar-refractivity contribution in [3.05, 3.63) is 18.2 Å². The van der Waals surface area contributed by atoms with E-state index in [9.17, 15) is 0 Å². The lowest BCUT2D eigenvalue weighted by Gasteiger charge is -2.13. The van der Waals surface area contributed by atoms with E-state index < -0.39 is 0 Å². The van der Waals surface area contributed by atoms with E-state index >= 15 is 0 Å². The summed E-state index contributed by atoms with van der Waals surface area (Å²) in [6, 6.07) is 5.62. The molecule has 0 bridgehead atoms. The predicted octanol–water partition coefficient (Wildman–Crippen LogP) is 2.12. The normalized spacial score (nSPS) is 16.1. The van der Waals surface area contributed by atoms with Gasteiger partial charge in [-0.1, -0.05) is 6.92 Å². The minimum atomic E-state index is 0.391. The average molecular weight is 273 g/mol. The van der Waals surface area contributed by atoms with Crippen LogP contribution in [0.2, 0.25) is 0 Å². The summed E-state index contributed by atoms with van der Waals surface area (Å²) in [6.45, 7) is 3.10. The number of rotatable bonds is 5. The number of aromatic nitrogens is 4. The van der Waals surface area contributed by atoms with Crippen LogP contribution >= 0.6 is 0 Å². The molecule has 2 aromatic rings. The minimum absolute atomic E-state index is 0.391. The van der Waals surface area contributed by atoms with Gasteiger partial charge in [0.15, 0.2) is 5.82 Å². The maximum Gasteiger partial charge on any atom is 0.182 e. The fourth-order valence-electron chi connectivity index (χ4n) is 2.49. The fraction of sp³-hybridized carbons (Fsp3) is 0.500. The summed E-state index contributed by atoms with van der Waals surface area (Å²) < 4.78 is 7.15. The first-order chi connectivity index (χ1) is 9.67. The van der Waals surface area contributed by atoms with Gasteiger partial charge in [-0.25, -0.2) is 4.68 Å². The number of hydrogen-bond donors (Lipinski definition) is 1. The molecule has 0 radical (unpaired) electrons. The molecule has 1 aromatic heterocycles. The van der Waals surface area contributed by atoms with Gasteiger partial charge in [-0.15, -0.1) is 5.10 Å². The third-order valence-electron chi connectivity index (χ3n) is 4.22. The number of nitrogens with two attached hydrogens (primary N) is 1. The third-order valence-corrected chi connectivity index (χ3v) is 4.22. The van der Waals surface area contributed by atoms with Crippen molar-refractivity contribution in [1.82, 2.24) is 20.2 Å². The molecule has 1 aromatic carbocycles. The topological polar surface area (TPSA) is 78.9 Å². The van der Waals surface area contributed by atoms with Crippen molar-refractivity contribution in [2.45, 2.75) is 32.7 Å². The molecule has 1 heterocycles.